The third-order valence-electron chi connectivity index (χ3n) is 4.79. The molecule has 2 heterocycles. The lowest BCUT2D eigenvalue weighted by Crippen LogP contribution is -2.49. The summed E-state index contributed by atoms with van der Waals surface area (Å²) in [4.78, 5) is 27.1. The van der Waals surface area contributed by atoms with E-state index >= 15 is 4.39 Å². The van der Waals surface area contributed by atoms with Crippen molar-refractivity contribution >= 4 is 17.6 Å². The summed E-state index contributed by atoms with van der Waals surface area (Å²) in [5.74, 6) is -1.83. The molecule has 0 spiro atoms. The van der Waals surface area contributed by atoms with Crippen molar-refractivity contribution in [3.63, 3.8) is 0 Å². The Labute approximate surface area is 128 Å². The molecule has 0 aromatic heterocycles. The van der Waals surface area contributed by atoms with Crippen molar-refractivity contribution in [3.8, 4) is 0 Å². The molecule has 0 radical (unpaired) electrons. The highest BCUT2D eigenvalue weighted by Crippen LogP contribution is 2.41. The molecule has 6 heteroatoms. The molecule has 2 fully saturated rings. The Balaban J connectivity index is 1.92. The summed E-state index contributed by atoms with van der Waals surface area (Å²) in [6.07, 6.45) is 0.218. The van der Waals surface area contributed by atoms with Gasteiger partial charge in [0.25, 0.3) is 5.91 Å². The van der Waals surface area contributed by atoms with Crippen LogP contribution in [0.2, 0.25) is 0 Å². The first kappa shape index (κ1) is 15.0. The fourth-order valence-electron chi connectivity index (χ4n) is 3.46. The number of hydrogen-bond donors (Lipinski definition) is 1. The molecule has 1 aromatic rings. The van der Waals surface area contributed by atoms with Crippen molar-refractivity contribution in [2.24, 2.45) is 5.92 Å². The molecule has 2 aliphatic heterocycles. The number of carbonyl (C=O) groups excluding carboxylic acids is 1. The highest BCUT2D eigenvalue weighted by molar-refractivity contribution is 6.03. The second-order valence-electron chi connectivity index (χ2n) is 6.29. The number of benzene rings is 1. The van der Waals surface area contributed by atoms with Gasteiger partial charge in [0.05, 0.1) is 5.56 Å². The molecule has 1 amide bonds. The van der Waals surface area contributed by atoms with Crippen molar-refractivity contribution in [2.45, 2.75) is 19.0 Å². The molecule has 22 heavy (non-hydrogen) atoms. The number of alkyl halides is 1. The van der Waals surface area contributed by atoms with Crippen LogP contribution in [0.3, 0.4) is 0 Å². The van der Waals surface area contributed by atoms with Crippen LogP contribution in [0.15, 0.2) is 18.2 Å². The molecular formula is C16H19FN2O3. The number of carboxylic acid groups (broad SMARTS) is 1. The summed E-state index contributed by atoms with van der Waals surface area (Å²) >= 11 is 0. The van der Waals surface area contributed by atoms with Crippen LogP contribution in [0.1, 0.15) is 22.3 Å². The molecule has 2 saturated heterocycles. The zero-order valence-electron chi connectivity index (χ0n) is 12.7. The maximum absolute atomic E-state index is 15.1. The number of amides is 1. The van der Waals surface area contributed by atoms with E-state index < -0.39 is 17.5 Å². The van der Waals surface area contributed by atoms with E-state index in [1.165, 1.54) is 11.0 Å². The lowest BCUT2D eigenvalue weighted by Gasteiger charge is -2.34. The standard InChI is InChI=1S/C16H19FN2O3/c1-10-7-12(3-4-13(10)14(20)21)19-9-11-8-18(2)6-5-16(11,17)15(19)22/h3-4,7,11H,5-6,8-9H2,1-2H3,(H,20,21)/t11-,16+/m1/s1. The van der Waals surface area contributed by atoms with Gasteiger partial charge in [-0.25, -0.2) is 9.18 Å². The summed E-state index contributed by atoms with van der Waals surface area (Å²) in [7, 11) is 1.93. The van der Waals surface area contributed by atoms with Gasteiger partial charge in [0.2, 0.25) is 0 Å². The number of aromatic carboxylic acids is 1. The van der Waals surface area contributed by atoms with Gasteiger partial charge >= 0.3 is 5.97 Å². The van der Waals surface area contributed by atoms with Gasteiger partial charge in [-0.3, -0.25) is 4.79 Å². The second kappa shape index (κ2) is 5.05. The van der Waals surface area contributed by atoms with Crippen LogP contribution in [0, 0.1) is 12.8 Å². The Morgan fingerprint density at radius 1 is 1.41 bits per heavy atom. The number of piperidine rings is 1. The van der Waals surface area contributed by atoms with Crippen LogP contribution >= 0.6 is 0 Å². The summed E-state index contributed by atoms with van der Waals surface area (Å²) < 4.78 is 15.1. The molecule has 0 bridgehead atoms. The Bertz CT molecular complexity index is 648. The predicted octanol–water partition coefficient (Wildman–Crippen LogP) is 1.70. The van der Waals surface area contributed by atoms with E-state index in [2.05, 4.69) is 0 Å². The normalized spacial score (nSPS) is 28.8. The lowest BCUT2D eigenvalue weighted by atomic mass is 9.85. The maximum atomic E-state index is 15.1. The number of hydrogen-bond acceptors (Lipinski definition) is 3. The van der Waals surface area contributed by atoms with Crippen molar-refractivity contribution in [1.29, 1.82) is 0 Å². The van der Waals surface area contributed by atoms with Crippen molar-refractivity contribution in [1.82, 2.24) is 4.90 Å². The van der Waals surface area contributed by atoms with E-state index in [-0.39, 0.29) is 17.9 Å². The minimum Gasteiger partial charge on any atom is -0.478 e. The Hall–Kier alpha value is -1.95. The number of fused-ring (bicyclic) bond motifs is 1. The minimum absolute atomic E-state index is 0.197. The van der Waals surface area contributed by atoms with Crippen LogP contribution in [0.4, 0.5) is 10.1 Å². The molecule has 2 atom stereocenters. The number of aryl methyl sites for hydroxylation is 1. The van der Waals surface area contributed by atoms with Crippen LogP contribution in [0.5, 0.6) is 0 Å². The van der Waals surface area contributed by atoms with Gasteiger partial charge in [0, 0.05) is 37.7 Å². The van der Waals surface area contributed by atoms with E-state index in [0.717, 1.165) is 0 Å². The quantitative estimate of drug-likeness (QED) is 0.903. The number of likely N-dealkylation sites (tertiary alicyclic amines) is 1. The summed E-state index contributed by atoms with van der Waals surface area (Å²) in [5.41, 5.74) is -0.451. The minimum atomic E-state index is -1.79. The highest BCUT2D eigenvalue weighted by atomic mass is 19.1. The molecule has 0 aliphatic carbocycles. The molecular weight excluding hydrogens is 287 g/mol. The van der Waals surface area contributed by atoms with Gasteiger partial charge in [-0.2, -0.15) is 0 Å². The van der Waals surface area contributed by atoms with Crippen molar-refractivity contribution in [3.05, 3.63) is 29.3 Å². The van der Waals surface area contributed by atoms with E-state index in [9.17, 15) is 9.59 Å². The Morgan fingerprint density at radius 3 is 2.77 bits per heavy atom. The highest BCUT2D eigenvalue weighted by Gasteiger charge is 2.56. The van der Waals surface area contributed by atoms with Crippen LogP contribution < -0.4 is 4.90 Å². The molecule has 5 nitrogen and oxygen atoms in total. The second-order valence-corrected chi connectivity index (χ2v) is 6.29. The summed E-state index contributed by atoms with van der Waals surface area (Å²) in [6, 6.07) is 4.70. The van der Waals surface area contributed by atoms with Gasteiger partial charge in [-0.15, -0.1) is 0 Å². The molecule has 1 N–H and O–H groups in total. The molecule has 0 unspecified atom stereocenters. The van der Waals surface area contributed by atoms with Crippen LogP contribution in [-0.4, -0.2) is 54.2 Å². The largest absolute Gasteiger partial charge is 0.478 e. The van der Waals surface area contributed by atoms with Gasteiger partial charge in [0.1, 0.15) is 0 Å². The smallest absolute Gasteiger partial charge is 0.335 e. The monoisotopic (exact) mass is 306 g/mol. The van der Waals surface area contributed by atoms with E-state index in [4.69, 9.17) is 5.11 Å². The van der Waals surface area contributed by atoms with E-state index in [1.54, 1.807) is 19.1 Å². The first-order valence-corrected chi connectivity index (χ1v) is 7.36. The SMILES string of the molecule is Cc1cc(N2C[C@H]3CN(C)CC[C@@]3(F)C2=O)ccc1C(=O)O. The number of halogens is 1. The summed E-state index contributed by atoms with van der Waals surface area (Å²) in [5, 5.41) is 9.07. The Kier molecular flexibility index (Phi) is 3.44. The first-order chi connectivity index (χ1) is 10.3. The average molecular weight is 306 g/mol. The number of nitrogens with zero attached hydrogens (tertiary/aromatic N) is 2. The molecule has 1 aromatic carbocycles. The number of anilines is 1. The zero-order chi connectivity index (χ0) is 16.1. The van der Waals surface area contributed by atoms with Gasteiger partial charge in [-0.1, -0.05) is 0 Å². The van der Waals surface area contributed by atoms with Crippen LogP contribution in [-0.2, 0) is 4.79 Å². The van der Waals surface area contributed by atoms with Gasteiger partial charge in [-0.05, 0) is 37.7 Å². The number of carboxylic acids is 1. The fourth-order valence-corrected chi connectivity index (χ4v) is 3.46. The third kappa shape index (κ3) is 2.18. The number of rotatable bonds is 2. The predicted molar refractivity (Wildman–Crippen MR) is 79.9 cm³/mol. The summed E-state index contributed by atoms with van der Waals surface area (Å²) in [6.45, 7) is 3.15. The van der Waals surface area contributed by atoms with E-state index in [0.29, 0.717) is 30.9 Å². The Morgan fingerprint density at radius 2 is 2.14 bits per heavy atom. The van der Waals surface area contributed by atoms with Crippen molar-refractivity contribution in [2.75, 3.05) is 31.6 Å². The zero-order valence-corrected chi connectivity index (χ0v) is 12.7. The molecule has 0 saturated carbocycles. The van der Waals surface area contributed by atoms with E-state index in [1.807, 2.05) is 11.9 Å². The molecule has 3 rings (SSSR count). The molecule has 118 valence electrons. The first-order valence-electron chi connectivity index (χ1n) is 7.36. The van der Waals surface area contributed by atoms with Crippen LogP contribution in [0.25, 0.3) is 0 Å². The maximum Gasteiger partial charge on any atom is 0.335 e. The topological polar surface area (TPSA) is 60.9 Å². The lowest BCUT2D eigenvalue weighted by molar-refractivity contribution is -0.131. The molecule has 2 aliphatic rings. The van der Waals surface area contributed by atoms with Gasteiger partial charge in [0.15, 0.2) is 5.67 Å². The fraction of sp³-hybridized carbons (Fsp3) is 0.500. The number of carbonyl (C=O) groups is 2. The average Bonchev–Trinajstić information content (AvgIpc) is 2.71. The van der Waals surface area contributed by atoms with Gasteiger partial charge < -0.3 is 14.9 Å². The van der Waals surface area contributed by atoms with Crippen molar-refractivity contribution < 1.29 is 19.1 Å². The third-order valence-corrected chi connectivity index (χ3v) is 4.79.